The molecule has 29 heavy (non-hydrogen) atoms. The molecule has 4 unspecified atom stereocenters. The second kappa shape index (κ2) is 7.69. The van der Waals surface area contributed by atoms with E-state index in [4.69, 9.17) is 18.6 Å². The number of fused-ring (bicyclic) bond motifs is 1. The van der Waals surface area contributed by atoms with Gasteiger partial charge in [0.1, 0.15) is 36.3 Å². The molecule has 4 heterocycles. The first kappa shape index (κ1) is 17.9. The molecule has 4 atom stereocenters. The second-order valence-corrected chi connectivity index (χ2v) is 7.01. The first-order valence-corrected chi connectivity index (χ1v) is 9.44. The summed E-state index contributed by atoms with van der Waals surface area (Å²) in [6, 6.07) is 12.5. The van der Waals surface area contributed by atoms with Crippen molar-refractivity contribution in [3.05, 3.63) is 66.4 Å². The summed E-state index contributed by atoms with van der Waals surface area (Å²) in [5, 5.41) is 11.3. The number of amides is 1. The van der Waals surface area contributed by atoms with Gasteiger partial charge in [-0.1, -0.05) is 23.4 Å². The van der Waals surface area contributed by atoms with E-state index >= 15 is 0 Å². The molecule has 1 amide bonds. The summed E-state index contributed by atoms with van der Waals surface area (Å²) < 4.78 is 24.5. The van der Waals surface area contributed by atoms with Crippen LogP contribution in [0.15, 0.2) is 59.3 Å². The van der Waals surface area contributed by atoms with Crippen molar-refractivity contribution in [1.82, 2.24) is 20.3 Å². The van der Waals surface area contributed by atoms with E-state index in [9.17, 15) is 4.79 Å². The average Bonchev–Trinajstić information content (AvgIpc) is 3.52. The third-order valence-electron chi connectivity index (χ3n) is 5.12. The van der Waals surface area contributed by atoms with Gasteiger partial charge in [-0.3, -0.25) is 4.79 Å². The number of ether oxygens (including phenoxy) is 3. The van der Waals surface area contributed by atoms with Gasteiger partial charge in [-0.15, -0.1) is 5.10 Å². The predicted octanol–water partition coefficient (Wildman–Crippen LogP) is 1.59. The van der Waals surface area contributed by atoms with Gasteiger partial charge in [-0.2, -0.15) is 0 Å². The molecule has 2 aliphatic heterocycles. The summed E-state index contributed by atoms with van der Waals surface area (Å²) in [7, 11) is 0. The van der Waals surface area contributed by atoms with Crippen molar-refractivity contribution in [1.29, 1.82) is 0 Å². The molecule has 3 aromatic rings. The number of nitrogens with zero attached hydrogens (tertiary/aromatic N) is 3. The molecule has 1 N–H and O–H groups in total. The average molecular weight is 396 g/mol. The Labute approximate surface area is 166 Å². The van der Waals surface area contributed by atoms with Crippen LogP contribution in [0, 0.1) is 0 Å². The fourth-order valence-electron chi connectivity index (χ4n) is 3.69. The topological polar surface area (TPSA) is 101 Å². The minimum absolute atomic E-state index is 0.108. The van der Waals surface area contributed by atoms with E-state index in [-0.39, 0.29) is 36.0 Å². The molecule has 0 radical (unpaired) electrons. The zero-order chi connectivity index (χ0) is 19.6. The number of rotatable bonds is 6. The second-order valence-electron chi connectivity index (χ2n) is 7.01. The number of hydrogen-bond acceptors (Lipinski definition) is 7. The molecular formula is C20H20N4O5. The lowest BCUT2D eigenvalue weighted by Crippen LogP contribution is -2.44. The molecule has 2 aliphatic rings. The maximum Gasteiger partial charge on any atom is 0.287 e. The van der Waals surface area contributed by atoms with Crippen molar-refractivity contribution in [2.24, 2.45) is 0 Å². The van der Waals surface area contributed by atoms with Crippen LogP contribution in [0.3, 0.4) is 0 Å². The van der Waals surface area contributed by atoms with Crippen molar-refractivity contribution in [3.63, 3.8) is 0 Å². The zero-order valence-electron chi connectivity index (χ0n) is 15.5. The fourth-order valence-corrected chi connectivity index (χ4v) is 3.69. The summed E-state index contributed by atoms with van der Waals surface area (Å²) in [6.45, 7) is 1.14. The van der Waals surface area contributed by atoms with Gasteiger partial charge < -0.3 is 23.9 Å². The molecule has 1 aromatic carbocycles. The molecule has 2 saturated heterocycles. The molecule has 0 spiro atoms. The monoisotopic (exact) mass is 396 g/mol. The normalized spacial score (nSPS) is 25.7. The summed E-state index contributed by atoms with van der Waals surface area (Å²) in [5.74, 6) is 0.764. The van der Waals surface area contributed by atoms with E-state index in [0.717, 1.165) is 11.4 Å². The number of carbonyl (C=O) groups is 1. The predicted molar refractivity (Wildman–Crippen MR) is 99.3 cm³/mol. The lowest BCUT2D eigenvalue weighted by atomic mass is 10.1. The van der Waals surface area contributed by atoms with E-state index < -0.39 is 0 Å². The van der Waals surface area contributed by atoms with Crippen LogP contribution in [-0.4, -0.2) is 52.4 Å². The first-order chi connectivity index (χ1) is 14.3. The molecule has 9 nitrogen and oxygen atoms in total. The van der Waals surface area contributed by atoms with Crippen molar-refractivity contribution in [2.45, 2.75) is 30.9 Å². The van der Waals surface area contributed by atoms with Gasteiger partial charge in [0.05, 0.1) is 31.7 Å². The number of nitrogens with one attached hydrogen (secondary N) is 1. The highest BCUT2D eigenvalue weighted by Crippen LogP contribution is 2.34. The minimum atomic E-state index is -0.280. The number of furan rings is 1. The van der Waals surface area contributed by atoms with Crippen molar-refractivity contribution < 1.29 is 23.4 Å². The third-order valence-corrected chi connectivity index (χ3v) is 5.12. The van der Waals surface area contributed by atoms with Crippen molar-refractivity contribution in [2.75, 3.05) is 13.2 Å². The van der Waals surface area contributed by atoms with E-state index in [1.54, 1.807) is 16.8 Å². The van der Waals surface area contributed by atoms with Crippen LogP contribution >= 0.6 is 0 Å². The standard InChI is InChI=1S/C20H20N4O5/c25-20(17-7-4-8-26-17)21-15-11-28-19-16(12-29-18(15)19)24-9-13(22-23-24)10-27-14-5-2-1-3-6-14/h1-9,15-16,18-19H,10-12H2,(H,21,25). The molecule has 0 bridgehead atoms. The first-order valence-electron chi connectivity index (χ1n) is 9.44. The highest BCUT2D eigenvalue weighted by atomic mass is 16.6. The molecule has 5 rings (SSSR count). The quantitative estimate of drug-likeness (QED) is 0.675. The van der Waals surface area contributed by atoms with Crippen LogP contribution in [0.4, 0.5) is 0 Å². The Balaban J connectivity index is 1.20. The Morgan fingerprint density at radius 2 is 2.00 bits per heavy atom. The number of hydrogen-bond donors (Lipinski definition) is 1. The van der Waals surface area contributed by atoms with Crippen LogP contribution < -0.4 is 10.1 Å². The Morgan fingerprint density at radius 3 is 2.83 bits per heavy atom. The smallest absolute Gasteiger partial charge is 0.287 e. The van der Waals surface area contributed by atoms with Crippen LogP contribution in [0.1, 0.15) is 22.3 Å². The van der Waals surface area contributed by atoms with Gasteiger partial charge in [0, 0.05) is 0 Å². The molecule has 2 fully saturated rings. The summed E-state index contributed by atoms with van der Waals surface area (Å²) in [6.07, 6.45) is 2.86. The molecule has 2 aromatic heterocycles. The van der Waals surface area contributed by atoms with Crippen LogP contribution in [0.5, 0.6) is 5.75 Å². The lowest BCUT2D eigenvalue weighted by Gasteiger charge is -2.17. The van der Waals surface area contributed by atoms with E-state index in [2.05, 4.69) is 15.6 Å². The highest BCUT2D eigenvalue weighted by Gasteiger charge is 2.49. The number of carbonyl (C=O) groups excluding carboxylic acids is 1. The molecule has 0 saturated carbocycles. The lowest BCUT2D eigenvalue weighted by molar-refractivity contribution is 0.0612. The fraction of sp³-hybridized carbons (Fsp3) is 0.350. The van der Waals surface area contributed by atoms with Gasteiger partial charge in [0.2, 0.25) is 0 Å². The highest BCUT2D eigenvalue weighted by molar-refractivity contribution is 5.91. The number of para-hydroxylation sites is 1. The summed E-state index contributed by atoms with van der Waals surface area (Å²) in [5.41, 5.74) is 0.720. The minimum Gasteiger partial charge on any atom is -0.487 e. The molecule has 0 aliphatic carbocycles. The summed E-state index contributed by atoms with van der Waals surface area (Å²) >= 11 is 0. The van der Waals surface area contributed by atoms with Gasteiger partial charge in [-0.25, -0.2) is 4.68 Å². The molecule has 9 heteroatoms. The molecular weight excluding hydrogens is 376 g/mol. The van der Waals surface area contributed by atoms with Crippen LogP contribution in [0.25, 0.3) is 0 Å². The van der Waals surface area contributed by atoms with Gasteiger partial charge in [-0.05, 0) is 24.3 Å². The van der Waals surface area contributed by atoms with E-state index in [0.29, 0.717) is 19.8 Å². The van der Waals surface area contributed by atoms with Gasteiger partial charge in [0.15, 0.2) is 5.76 Å². The van der Waals surface area contributed by atoms with Crippen LogP contribution in [-0.2, 0) is 16.1 Å². The number of benzene rings is 1. The Kier molecular flexibility index (Phi) is 4.74. The SMILES string of the molecule is O=C(NC1COC2C1OCC2n1cc(COc2ccccc2)nn1)c1ccco1. The van der Waals surface area contributed by atoms with E-state index in [1.807, 2.05) is 36.5 Å². The maximum atomic E-state index is 12.2. The van der Waals surface area contributed by atoms with Crippen LogP contribution in [0.2, 0.25) is 0 Å². The van der Waals surface area contributed by atoms with E-state index in [1.165, 1.54) is 6.26 Å². The molecule has 150 valence electrons. The largest absolute Gasteiger partial charge is 0.487 e. The van der Waals surface area contributed by atoms with Crippen molar-refractivity contribution in [3.8, 4) is 5.75 Å². The van der Waals surface area contributed by atoms with Crippen molar-refractivity contribution >= 4 is 5.91 Å². The summed E-state index contributed by atoms with van der Waals surface area (Å²) in [4.78, 5) is 12.2. The Morgan fingerprint density at radius 1 is 1.14 bits per heavy atom. The number of aromatic nitrogens is 3. The Hall–Kier alpha value is -3.17. The zero-order valence-corrected chi connectivity index (χ0v) is 15.5. The van der Waals surface area contributed by atoms with Gasteiger partial charge in [0.25, 0.3) is 5.91 Å². The van der Waals surface area contributed by atoms with Gasteiger partial charge >= 0.3 is 0 Å². The maximum absolute atomic E-state index is 12.2. The Bertz CT molecular complexity index is 958. The third kappa shape index (κ3) is 3.62.